The summed E-state index contributed by atoms with van der Waals surface area (Å²) in [5.41, 5.74) is 1.44. The van der Waals surface area contributed by atoms with E-state index < -0.39 is 0 Å². The minimum atomic E-state index is 0.549. The Kier molecular flexibility index (Phi) is 5.22. The fourth-order valence-corrected chi connectivity index (χ4v) is 3.27. The van der Waals surface area contributed by atoms with E-state index in [2.05, 4.69) is 64.3 Å². The van der Waals surface area contributed by atoms with Crippen LogP contribution >= 0.6 is 15.9 Å². The van der Waals surface area contributed by atoms with E-state index in [0.717, 1.165) is 24.1 Å². The van der Waals surface area contributed by atoms with Crippen molar-refractivity contribution in [2.75, 3.05) is 19.6 Å². The van der Waals surface area contributed by atoms with Crippen molar-refractivity contribution in [3.63, 3.8) is 0 Å². The number of rotatable bonds is 5. The summed E-state index contributed by atoms with van der Waals surface area (Å²) in [5, 5.41) is 3.48. The molecule has 2 unspecified atom stereocenters. The van der Waals surface area contributed by atoms with Gasteiger partial charge in [-0.3, -0.25) is 4.90 Å². The largest absolute Gasteiger partial charge is 0.315 e. The molecule has 2 nitrogen and oxygen atoms in total. The van der Waals surface area contributed by atoms with Gasteiger partial charge in [-0.05, 0) is 43.6 Å². The molecule has 0 bridgehead atoms. The molecule has 1 aliphatic heterocycles. The molecule has 1 aromatic rings. The fourth-order valence-electron chi connectivity index (χ4n) is 3.00. The van der Waals surface area contributed by atoms with Crippen molar-refractivity contribution < 1.29 is 0 Å². The van der Waals surface area contributed by atoms with Gasteiger partial charge >= 0.3 is 0 Å². The standard InChI is InChI=1S/C15H23BrN2/c1-3-15(12-5-7-13(16)8-6-12)18(4-2)14-9-10-17-11-14/h5-8,14-15,17H,3-4,9-11H2,1-2H3. The molecule has 1 N–H and O–H groups in total. The highest BCUT2D eigenvalue weighted by Crippen LogP contribution is 2.28. The highest BCUT2D eigenvalue weighted by molar-refractivity contribution is 9.10. The Bertz CT molecular complexity index is 357. The quantitative estimate of drug-likeness (QED) is 0.894. The van der Waals surface area contributed by atoms with Crippen LogP contribution in [0.2, 0.25) is 0 Å². The molecule has 2 rings (SSSR count). The van der Waals surface area contributed by atoms with Crippen LogP contribution < -0.4 is 5.32 Å². The van der Waals surface area contributed by atoms with Crippen LogP contribution in [-0.4, -0.2) is 30.6 Å². The lowest BCUT2D eigenvalue weighted by Crippen LogP contribution is -2.39. The molecule has 100 valence electrons. The summed E-state index contributed by atoms with van der Waals surface area (Å²) in [5.74, 6) is 0. The lowest BCUT2D eigenvalue weighted by molar-refractivity contribution is 0.147. The van der Waals surface area contributed by atoms with Crippen molar-refractivity contribution in [2.24, 2.45) is 0 Å². The van der Waals surface area contributed by atoms with Crippen LogP contribution in [0.3, 0.4) is 0 Å². The molecule has 0 aliphatic carbocycles. The van der Waals surface area contributed by atoms with E-state index in [4.69, 9.17) is 0 Å². The summed E-state index contributed by atoms with van der Waals surface area (Å²) in [6.45, 7) is 8.00. The Hall–Kier alpha value is -0.380. The Balaban J connectivity index is 2.17. The van der Waals surface area contributed by atoms with Crippen LogP contribution in [0.5, 0.6) is 0 Å². The van der Waals surface area contributed by atoms with E-state index in [1.807, 2.05) is 0 Å². The smallest absolute Gasteiger partial charge is 0.0348 e. The summed E-state index contributed by atoms with van der Waals surface area (Å²) in [7, 11) is 0. The second-order valence-electron chi connectivity index (χ2n) is 4.95. The first-order chi connectivity index (χ1) is 8.76. The Labute approximate surface area is 119 Å². The third kappa shape index (κ3) is 3.14. The Morgan fingerprint density at radius 2 is 2.06 bits per heavy atom. The molecule has 3 heteroatoms. The van der Waals surface area contributed by atoms with Crippen LogP contribution in [0, 0.1) is 0 Å². The van der Waals surface area contributed by atoms with Gasteiger partial charge in [0, 0.05) is 23.1 Å². The van der Waals surface area contributed by atoms with Crippen LogP contribution in [0.25, 0.3) is 0 Å². The van der Waals surface area contributed by atoms with Gasteiger partial charge in [0.25, 0.3) is 0 Å². The predicted molar refractivity (Wildman–Crippen MR) is 80.8 cm³/mol. The maximum atomic E-state index is 3.51. The van der Waals surface area contributed by atoms with Crippen LogP contribution in [-0.2, 0) is 0 Å². The van der Waals surface area contributed by atoms with E-state index in [-0.39, 0.29) is 0 Å². The van der Waals surface area contributed by atoms with E-state index >= 15 is 0 Å². The van der Waals surface area contributed by atoms with Crippen molar-refractivity contribution in [3.8, 4) is 0 Å². The molecule has 1 aromatic carbocycles. The molecule has 0 aromatic heterocycles. The second kappa shape index (κ2) is 6.69. The zero-order valence-electron chi connectivity index (χ0n) is 11.3. The van der Waals surface area contributed by atoms with Gasteiger partial charge in [0.15, 0.2) is 0 Å². The monoisotopic (exact) mass is 310 g/mol. The van der Waals surface area contributed by atoms with Gasteiger partial charge < -0.3 is 5.32 Å². The molecular formula is C15H23BrN2. The number of likely N-dealkylation sites (N-methyl/N-ethyl adjacent to an activating group) is 1. The van der Waals surface area contributed by atoms with Gasteiger partial charge in [0.1, 0.15) is 0 Å². The molecule has 1 heterocycles. The average Bonchev–Trinajstić information content (AvgIpc) is 2.91. The highest BCUT2D eigenvalue weighted by atomic mass is 79.9. The SMILES string of the molecule is CCC(c1ccc(Br)cc1)N(CC)C1CCNC1. The molecule has 1 saturated heterocycles. The van der Waals surface area contributed by atoms with Crippen LogP contribution in [0.4, 0.5) is 0 Å². The van der Waals surface area contributed by atoms with Crippen molar-refractivity contribution in [2.45, 2.75) is 38.8 Å². The van der Waals surface area contributed by atoms with Gasteiger partial charge in [-0.15, -0.1) is 0 Å². The molecule has 18 heavy (non-hydrogen) atoms. The summed E-state index contributed by atoms with van der Waals surface area (Å²) in [4.78, 5) is 2.66. The normalized spacial score (nSPS) is 21.4. The molecule has 0 spiro atoms. The number of nitrogens with zero attached hydrogens (tertiary/aromatic N) is 1. The van der Waals surface area contributed by atoms with Crippen LogP contribution in [0.1, 0.15) is 38.3 Å². The number of hydrogen-bond donors (Lipinski definition) is 1. The molecular weight excluding hydrogens is 288 g/mol. The van der Waals surface area contributed by atoms with E-state index in [1.165, 1.54) is 18.4 Å². The molecule has 0 saturated carbocycles. The topological polar surface area (TPSA) is 15.3 Å². The summed E-state index contributed by atoms with van der Waals surface area (Å²) in [6, 6.07) is 10.1. The van der Waals surface area contributed by atoms with Gasteiger partial charge in [-0.1, -0.05) is 41.9 Å². The van der Waals surface area contributed by atoms with E-state index in [1.54, 1.807) is 0 Å². The molecule has 0 radical (unpaired) electrons. The maximum Gasteiger partial charge on any atom is 0.0348 e. The number of halogens is 1. The average molecular weight is 311 g/mol. The Morgan fingerprint density at radius 3 is 2.56 bits per heavy atom. The van der Waals surface area contributed by atoms with Gasteiger partial charge in [0.05, 0.1) is 0 Å². The zero-order chi connectivity index (χ0) is 13.0. The first-order valence-corrected chi connectivity index (χ1v) is 7.77. The molecule has 2 atom stereocenters. The van der Waals surface area contributed by atoms with E-state index in [0.29, 0.717) is 12.1 Å². The second-order valence-corrected chi connectivity index (χ2v) is 5.87. The van der Waals surface area contributed by atoms with Gasteiger partial charge in [-0.2, -0.15) is 0 Å². The third-order valence-corrected chi connectivity index (χ3v) is 4.44. The lowest BCUT2D eigenvalue weighted by Gasteiger charge is -2.35. The third-order valence-electron chi connectivity index (χ3n) is 3.91. The van der Waals surface area contributed by atoms with E-state index in [9.17, 15) is 0 Å². The van der Waals surface area contributed by atoms with Crippen molar-refractivity contribution in [1.82, 2.24) is 10.2 Å². The zero-order valence-corrected chi connectivity index (χ0v) is 12.9. The first kappa shape index (κ1) is 14.0. The van der Waals surface area contributed by atoms with Crippen LogP contribution in [0.15, 0.2) is 28.7 Å². The Morgan fingerprint density at radius 1 is 1.33 bits per heavy atom. The maximum absolute atomic E-state index is 3.51. The fraction of sp³-hybridized carbons (Fsp3) is 0.600. The molecule has 1 fully saturated rings. The minimum absolute atomic E-state index is 0.549. The summed E-state index contributed by atoms with van der Waals surface area (Å²) >= 11 is 3.51. The van der Waals surface area contributed by atoms with Crippen molar-refractivity contribution in [3.05, 3.63) is 34.3 Å². The van der Waals surface area contributed by atoms with Crippen molar-refractivity contribution in [1.29, 1.82) is 0 Å². The first-order valence-electron chi connectivity index (χ1n) is 6.98. The summed E-state index contributed by atoms with van der Waals surface area (Å²) < 4.78 is 1.16. The molecule has 0 amide bonds. The minimum Gasteiger partial charge on any atom is -0.315 e. The number of hydrogen-bond acceptors (Lipinski definition) is 2. The van der Waals surface area contributed by atoms with Gasteiger partial charge in [-0.25, -0.2) is 0 Å². The summed E-state index contributed by atoms with van der Waals surface area (Å²) in [6.07, 6.45) is 2.45. The predicted octanol–water partition coefficient (Wildman–Crippen LogP) is 3.58. The van der Waals surface area contributed by atoms with Gasteiger partial charge in [0.2, 0.25) is 0 Å². The number of benzene rings is 1. The number of nitrogens with one attached hydrogen (secondary N) is 1. The molecule has 1 aliphatic rings. The highest BCUT2D eigenvalue weighted by Gasteiger charge is 2.27. The van der Waals surface area contributed by atoms with Crippen molar-refractivity contribution >= 4 is 15.9 Å². The lowest BCUT2D eigenvalue weighted by atomic mass is 10.0.